The van der Waals surface area contributed by atoms with E-state index in [9.17, 15) is 0 Å². The highest BCUT2D eigenvalue weighted by molar-refractivity contribution is 5.86. The summed E-state index contributed by atoms with van der Waals surface area (Å²) in [6, 6.07) is 8.17. The Bertz CT molecular complexity index is 813. The quantitative estimate of drug-likeness (QED) is 0.726. The molecule has 0 aliphatic carbocycles. The summed E-state index contributed by atoms with van der Waals surface area (Å²) in [6.07, 6.45) is 3.22. The van der Waals surface area contributed by atoms with E-state index in [1.165, 1.54) is 12.0 Å². The van der Waals surface area contributed by atoms with E-state index >= 15 is 0 Å². The molecule has 7 nitrogen and oxygen atoms in total. The second-order valence-electron chi connectivity index (χ2n) is 5.83. The second kappa shape index (κ2) is 6.45. The first-order valence-electron chi connectivity index (χ1n) is 7.99. The third-order valence-corrected chi connectivity index (χ3v) is 4.38. The highest BCUT2D eigenvalue weighted by Crippen LogP contribution is 2.27. The number of anilines is 1. The SMILES string of the molecule is COc1ncnc2ccc(N3CCN(Cc4ccno4)CC3)cc12. The molecule has 2 aromatic heterocycles. The fourth-order valence-electron chi connectivity index (χ4n) is 3.09. The van der Waals surface area contributed by atoms with Gasteiger partial charge in [0.2, 0.25) is 5.88 Å². The van der Waals surface area contributed by atoms with E-state index in [4.69, 9.17) is 9.26 Å². The van der Waals surface area contributed by atoms with Crippen LogP contribution in [0.1, 0.15) is 5.76 Å². The molecule has 1 saturated heterocycles. The summed E-state index contributed by atoms with van der Waals surface area (Å²) in [5.74, 6) is 1.53. The van der Waals surface area contributed by atoms with Crippen molar-refractivity contribution in [3.8, 4) is 5.88 Å². The van der Waals surface area contributed by atoms with Gasteiger partial charge in [0, 0.05) is 37.9 Å². The van der Waals surface area contributed by atoms with Crippen LogP contribution in [0.5, 0.6) is 5.88 Å². The molecule has 0 atom stereocenters. The molecule has 1 aliphatic rings. The predicted octanol–water partition coefficient (Wildman–Crippen LogP) is 1.95. The molecule has 4 rings (SSSR count). The van der Waals surface area contributed by atoms with Gasteiger partial charge < -0.3 is 14.2 Å². The number of aromatic nitrogens is 3. The first-order chi connectivity index (χ1) is 11.8. The van der Waals surface area contributed by atoms with Gasteiger partial charge in [-0.3, -0.25) is 4.90 Å². The van der Waals surface area contributed by atoms with Crippen molar-refractivity contribution in [2.75, 3.05) is 38.2 Å². The van der Waals surface area contributed by atoms with Gasteiger partial charge in [-0.25, -0.2) is 9.97 Å². The molecule has 3 aromatic rings. The number of hydrogen-bond donors (Lipinski definition) is 0. The summed E-state index contributed by atoms with van der Waals surface area (Å²) < 4.78 is 10.5. The number of hydrogen-bond acceptors (Lipinski definition) is 7. The lowest BCUT2D eigenvalue weighted by molar-refractivity contribution is 0.220. The molecule has 0 amide bonds. The Morgan fingerprint density at radius 2 is 2.00 bits per heavy atom. The predicted molar refractivity (Wildman–Crippen MR) is 90.1 cm³/mol. The zero-order valence-corrected chi connectivity index (χ0v) is 13.6. The lowest BCUT2D eigenvalue weighted by Gasteiger charge is -2.35. The molecular weight excluding hydrogens is 306 g/mol. The van der Waals surface area contributed by atoms with Gasteiger partial charge in [-0.05, 0) is 18.2 Å². The summed E-state index contributed by atoms with van der Waals surface area (Å²) in [5, 5.41) is 4.71. The zero-order chi connectivity index (χ0) is 16.4. The van der Waals surface area contributed by atoms with Gasteiger partial charge in [-0.15, -0.1) is 0 Å². The Morgan fingerprint density at radius 3 is 2.75 bits per heavy atom. The van der Waals surface area contributed by atoms with Crippen molar-refractivity contribution in [2.24, 2.45) is 0 Å². The lowest BCUT2D eigenvalue weighted by Crippen LogP contribution is -2.45. The molecule has 7 heteroatoms. The van der Waals surface area contributed by atoms with Crippen LogP contribution in [0.2, 0.25) is 0 Å². The van der Waals surface area contributed by atoms with Crippen molar-refractivity contribution in [3.63, 3.8) is 0 Å². The number of piperazine rings is 1. The highest BCUT2D eigenvalue weighted by atomic mass is 16.5. The number of ether oxygens (including phenoxy) is 1. The fourth-order valence-corrected chi connectivity index (χ4v) is 3.09. The Hall–Kier alpha value is -2.67. The Labute approximate surface area is 139 Å². The Morgan fingerprint density at radius 1 is 1.12 bits per heavy atom. The van der Waals surface area contributed by atoms with Gasteiger partial charge in [-0.2, -0.15) is 0 Å². The van der Waals surface area contributed by atoms with Gasteiger partial charge in [0.1, 0.15) is 6.33 Å². The number of methoxy groups -OCH3 is 1. The van der Waals surface area contributed by atoms with E-state index in [-0.39, 0.29) is 0 Å². The van der Waals surface area contributed by atoms with Gasteiger partial charge in [-0.1, -0.05) is 5.16 Å². The van der Waals surface area contributed by atoms with Crippen molar-refractivity contribution in [3.05, 3.63) is 42.5 Å². The molecule has 0 unspecified atom stereocenters. The first kappa shape index (κ1) is 14.9. The molecule has 0 saturated carbocycles. The van der Waals surface area contributed by atoms with Crippen LogP contribution in [-0.4, -0.2) is 53.3 Å². The van der Waals surface area contributed by atoms with Crippen molar-refractivity contribution in [2.45, 2.75) is 6.54 Å². The second-order valence-corrected chi connectivity index (χ2v) is 5.83. The van der Waals surface area contributed by atoms with E-state index < -0.39 is 0 Å². The minimum atomic E-state index is 0.616. The van der Waals surface area contributed by atoms with Crippen LogP contribution in [0.15, 0.2) is 41.3 Å². The maximum Gasteiger partial charge on any atom is 0.224 e. The monoisotopic (exact) mass is 325 g/mol. The van der Waals surface area contributed by atoms with E-state index in [0.717, 1.165) is 49.4 Å². The maximum absolute atomic E-state index is 5.35. The third-order valence-electron chi connectivity index (χ3n) is 4.38. The molecule has 1 aliphatic heterocycles. The Balaban J connectivity index is 1.48. The van der Waals surface area contributed by atoms with E-state index in [2.05, 4.69) is 37.1 Å². The van der Waals surface area contributed by atoms with Crippen molar-refractivity contribution in [1.29, 1.82) is 0 Å². The third kappa shape index (κ3) is 2.90. The number of fused-ring (bicyclic) bond motifs is 1. The number of nitrogens with zero attached hydrogens (tertiary/aromatic N) is 5. The summed E-state index contributed by atoms with van der Waals surface area (Å²) in [4.78, 5) is 13.2. The largest absolute Gasteiger partial charge is 0.480 e. The highest BCUT2D eigenvalue weighted by Gasteiger charge is 2.19. The van der Waals surface area contributed by atoms with Gasteiger partial charge in [0.15, 0.2) is 5.76 Å². The molecule has 124 valence electrons. The van der Waals surface area contributed by atoms with Crippen molar-refractivity contribution in [1.82, 2.24) is 20.0 Å². The van der Waals surface area contributed by atoms with Gasteiger partial charge >= 0.3 is 0 Å². The van der Waals surface area contributed by atoms with E-state index in [1.54, 1.807) is 13.3 Å². The first-order valence-corrected chi connectivity index (χ1v) is 7.99. The zero-order valence-electron chi connectivity index (χ0n) is 13.6. The molecule has 0 radical (unpaired) electrons. The van der Waals surface area contributed by atoms with Crippen LogP contribution in [0, 0.1) is 0 Å². The van der Waals surface area contributed by atoms with Crippen LogP contribution in [-0.2, 0) is 6.54 Å². The van der Waals surface area contributed by atoms with Crippen molar-refractivity contribution >= 4 is 16.6 Å². The van der Waals surface area contributed by atoms with Gasteiger partial charge in [0.05, 0.1) is 30.8 Å². The molecular formula is C17H19N5O2. The summed E-state index contributed by atoms with van der Waals surface area (Å²) >= 11 is 0. The van der Waals surface area contributed by atoms with E-state index in [1.807, 2.05) is 12.1 Å². The van der Waals surface area contributed by atoms with Crippen LogP contribution in [0.4, 0.5) is 5.69 Å². The maximum atomic E-state index is 5.35. The van der Waals surface area contributed by atoms with E-state index in [0.29, 0.717) is 5.88 Å². The number of benzene rings is 1. The van der Waals surface area contributed by atoms with Crippen LogP contribution in [0.3, 0.4) is 0 Å². The molecule has 24 heavy (non-hydrogen) atoms. The molecule has 0 N–H and O–H groups in total. The van der Waals surface area contributed by atoms with Crippen LogP contribution in [0.25, 0.3) is 10.9 Å². The topological polar surface area (TPSA) is 67.5 Å². The number of rotatable bonds is 4. The molecule has 1 aromatic carbocycles. The average Bonchev–Trinajstić information content (AvgIpc) is 3.14. The van der Waals surface area contributed by atoms with Crippen LogP contribution < -0.4 is 9.64 Å². The van der Waals surface area contributed by atoms with Crippen LogP contribution >= 0.6 is 0 Å². The fraction of sp³-hybridized carbons (Fsp3) is 0.353. The average molecular weight is 325 g/mol. The normalized spacial score (nSPS) is 15.8. The van der Waals surface area contributed by atoms with Crippen molar-refractivity contribution < 1.29 is 9.26 Å². The minimum Gasteiger partial charge on any atom is -0.480 e. The van der Waals surface area contributed by atoms with Gasteiger partial charge in [0.25, 0.3) is 0 Å². The lowest BCUT2D eigenvalue weighted by atomic mass is 10.2. The Kier molecular flexibility index (Phi) is 4.00. The molecule has 1 fully saturated rings. The summed E-state index contributed by atoms with van der Waals surface area (Å²) in [7, 11) is 1.64. The standard InChI is InChI=1S/C17H19N5O2/c1-23-17-15-10-13(2-3-16(15)18-12-19-17)22-8-6-21(7-9-22)11-14-4-5-20-24-14/h2-5,10,12H,6-9,11H2,1H3. The minimum absolute atomic E-state index is 0.616. The molecule has 0 bridgehead atoms. The smallest absolute Gasteiger partial charge is 0.224 e. The molecule has 0 spiro atoms. The summed E-state index contributed by atoms with van der Waals surface area (Å²) in [6.45, 7) is 4.72. The summed E-state index contributed by atoms with van der Waals surface area (Å²) in [5.41, 5.74) is 2.07. The molecule has 3 heterocycles.